The zero-order valence-corrected chi connectivity index (χ0v) is 15.2. The Morgan fingerprint density at radius 2 is 1.83 bits per heavy atom. The van der Waals surface area contributed by atoms with Crippen LogP contribution in [0.5, 0.6) is 5.75 Å². The van der Waals surface area contributed by atoms with Crippen molar-refractivity contribution in [2.75, 3.05) is 22.8 Å². The van der Waals surface area contributed by atoms with Crippen molar-refractivity contribution in [3.05, 3.63) is 48.0 Å². The number of hydrogen-bond acceptors (Lipinski definition) is 5. The quantitative estimate of drug-likeness (QED) is 0.753. The van der Waals surface area contributed by atoms with E-state index in [1.165, 1.54) is 12.1 Å². The normalized spacial score (nSPS) is 14.2. The SMILES string of the molecule is O=C(O)CN1C(=O)COc2ccc(S(=O)(=O)Nc3ccc(C(F)(F)F)cc3)cc21. The molecule has 29 heavy (non-hydrogen) atoms. The second-order valence-electron chi connectivity index (χ2n) is 5.97. The second kappa shape index (κ2) is 7.28. The molecule has 1 heterocycles. The summed E-state index contributed by atoms with van der Waals surface area (Å²) in [6, 6.07) is 6.86. The van der Waals surface area contributed by atoms with Gasteiger partial charge >= 0.3 is 12.1 Å². The number of ether oxygens (including phenoxy) is 1. The Kier molecular flexibility index (Phi) is 5.13. The van der Waals surface area contributed by atoms with E-state index in [1.807, 2.05) is 0 Å². The summed E-state index contributed by atoms with van der Waals surface area (Å²) in [6.45, 7) is -1.08. The molecule has 8 nitrogen and oxygen atoms in total. The van der Waals surface area contributed by atoms with Gasteiger partial charge < -0.3 is 9.84 Å². The highest BCUT2D eigenvalue weighted by Gasteiger charge is 2.31. The number of alkyl halides is 3. The van der Waals surface area contributed by atoms with Crippen LogP contribution in [0.2, 0.25) is 0 Å². The minimum absolute atomic E-state index is 0.0426. The number of carbonyl (C=O) groups is 2. The number of amides is 1. The molecule has 12 heteroatoms. The van der Waals surface area contributed by atoms with Crippen molar-refractivity contribution < 1.29 is 41.0 Å². The van der Waals surface area contributed by atoms with Crippen LogP contribution < -0.4 is 14.4 Å². The van der Waals surface area contributed by atoms with E-state index in [2.05, 4.69) is 4.72 Å². The number of rotatable bonds is 5. The highest BCUT2D eigenvalue weighted by atomic mass is 32.2. The smallest absolute Gasteiger partial charge is 0.416 e. The van der Waals surface area contributed by atoms with Gasteiger partial charge in [-0.2, -0.15) is 13.2 Å². The van der Waals surface area contributed by atoms with Gasteiger partial charge in [0.1, 0.15) is 12.3 Å². The van der Waals surface area contributed by atoms with Crippen molar-refractivity contribution in [1.29, 1.82) is 0 Å². The summed E-state index contributed by atoms with van der Waals surface area (Å²) in [5.74, 6) is -1.84. The molecular formula is C17H13F3N2O6S. The number of carboxylic acids is 1. The lowest BCUT2D eigenvalue weighted by Crippen LogP contribution is -2.42. The predicted octanol–water partition coefficient (Wildman–Crippen LogP) is 2.32. The van der Waals surface area contributed by atoms with E-state index in [9.17, 15) is 31.2 Å². The maximum Gasteiger partial charge on any atom is 0.416 e. The van der Waals surface area contributed by atoms with Gasteiger partial charge in [-0.05, 0) is 42.5 Å². The molecule has 0 bridgehead atoms. The summed E-state index contributed by atoms with van der Waals surface area (Å²) in [4.78, 5) is 23.5. The Balaban J connectivity index is 1.91. The van der Waals surface area contributed by atoms with E-state index >= 15 is 0 Å². The van der Waals surface area contributed by atoms with Gasteiger partial charge in [-0.1, -0.05) is 0 Å². The van der Waals surface area contributed by atoms with Crippen LogP contribution >= 0.6 is 0 Å². The van der Waals surface area contributed by atoms with E-state index in [0.29, 0.717) is 0 Å². The average molecular weight is 430 g/mol. The van der Waals surface area contributed by atoms with E-state index in [-0.39, 0.29) is 22.0 Å². The zero-order chi connectivity index (χ0) is 21.4. The minimum atomic E-state index is -4.56. The molecule has 0 fully saturated rings. The first-order chi connectivity index (χ1) is 13.5. The Labute approximate surface area is 162 Å². The first-order valence-electron chi connectivity index (χ1n) is 7.96. The molecule has 154 valence electrons. The number of hydrogen-bond donors (Lipinski definition) is 2. The average Bonchev–Trinajstić information content (AvgIpc) is 2.63. The van der Waals surface area contributed by atoms with Crippen molar-refractivity contribution in [2.24, 2.45) is 0 Å². The van der Waals surface area contributed by atoms with E-state index in [0.717, 1.165) is 35.2 Å². The summed E-state index contributed by atoms with van der Waals surface area (Å²) in [6.07, 6.45) is -4.56. The third kappa shape index (κ3) is 4.42. The Morgan fingerprint density at radius 3 is 2.41 bits per heavy atom. The van der Waals surface area contributed by atoms with E-state index < -0.39 is 46.8 Å². The van der Waals surface area contributed by atoms with Crippen molar-refractivity contribution in [3.63, 3.8) is 0 Å². The molecule has 0 atom stereocenters. The summed E-state index contributed by atoms with van der Waals surface area (Å²) >= 11 is 0. The topological polar surface area (TPSA) is 113 Å². The van der Waals surface area contributed by atoms with Gasteiger partial charge in [-0.25, -0.2) is 8.42 Å². The Hall–Kier alpha value is -3.28. The van der Waals surface area contributed by atoms with Crippen LogP contribution in [0.25, 0.3) is 0 Å². The lowest BCUT2D eigenvalue weighted by molar-refractivity contribution is -0.138. The standard InChI is InChI=1S/C17H13F3N2O6S/c18-17(19,20)10-1-3-11(4-2-10)21-29(26,27)12-5-6-14-13(7-12)22(8-16(24)25)15(23)9-28-14/h1-7,21H,8-9H2,(H,24,25). The molecule has 2 N–H and O–H groups in total. The third-order valence-electron chi connectivity index (χ3n) is 3.94. The van der Waals surface area contributed by atoms with Crippen LogP contribution in [0.1, 0.15) is 5.56 Å². The van der Waals surface area contributed by atoms with Gasteiger partial charge in [-0.15, -0.1) is 0 Å². The summed E-state index contributed by atoms with van der Waals surface area (Å²) in [5, 5.41) is 8.97. The zero-order valence-electron chi connectivity index (χ0n) is 14.4. The molecule has 1 aliphatic heterocycles. The number of sulfonamides is 1. The number of anilines is 2. The summed E-state index contributed by atoms with van der Waals surface area (Å²) in [7, 11) is -4.24. The van der Waals surface area contributed by atoms with Gasteiger partial charge in [0.05, 0.1) is 16.1 Å². The van der Waals surface area contributed by atoms with Crippen LogP contribution in [0.15, 0.2) is 47.4 Å². The first-order valence-corrected chi connectivity index (χ1v) is 9.45. The van der Waals surface area contributed by atoms with Gasteiger partial charge in [0.2, 0.25) is 0 Å². The minimum Gasteiger partial charge on any atom is -0.482 e. The number of nitrogens with one attached hydrogen (secondary N) is 1. The van der Waals surface area contributed by atoms with Gasteiger partial charge in [0.15, 0.2) is 6.61 Å². The van der Waals surface area contributed by atoms with Gasteiger partial charge in [0, 0.05) is 5.69 Å². The molecular weight excluding hydrogens is 417 g/mol. The molecule has 0 spiro atoms. The number of benzene rings is 2. The lowest BCUT2D eigenvalue weighted by Gasteiger charge is -2.28. The maximum absolute atomic E-state index is 12.6. The molecule has 0 saturated carbocycles. The van der Waals surface area contributed by atoms with E-state index in [4.69, 9.17) is 9.84 Å². The fourth-order valence-corrected chi connectivity index (χ4v) is 3.68. The van der Waals surface area contributed by atoms with Crippen LogP contribution in [0.3, 0.4) is 0 Å². The van der Waals surface area contributed by atoms with Crippen molar-refractivity contribution in [3.8, 4) is 5.75 Å². The Morgan fingerprint density at radius 1 is 1.17 bits per heavy atom. The number of carboxylic acid groups (broad SMARTS) is 1. The van der Waals surface area contributed by atoms with Crippen LogP contribution in [-0.4, -0.2) is 38.6 Å². The molecule has 0 saturated heterocycles. The number of aliphatic carboxylic acids is 1. The molecule has 0 aromatic heterocycles. The monoisotopic (exact) mass is 430 g/mol. The summed E-state index contributed by atoms with van der Waals surface area (Å²) in [5.41, 5.74) is -1.08. The molecule has 0 unspecified atom stereocenters. The number of fused-ring (bicyclic) bond motifs is 1. The fraction of sp³-hybridized carbons (Fsp3) is 0.176. The van der Waals surface area contributed by atoms with Crippen molar-refractivity contribution in [2.45, 2.75) is 11.1 Å². The van der Waals surface area contributed by atoms with Gasteiger partial charge in [-0.3, -0.25) is 19.2 Å². The predicted molar refractivity (Wildman–Crippen MR) is 94.2 cm³/mol. The van der Waals surface area contributed by atoms with E-state index in [1.54, 1.807) is 0 Å². The number of halogens is 3. The highest BCUT2D eigenvalue weighted by molar-refractivity contribution is 7.92. The molecule has 0 aliphatic carbocycles. The molecule has 2 aromatic carbocycles. The maximum atomic E-state index is 12.6. The largest absolute Gasteiger partial charge is 0.482 e. The lowest BCUT2D eigenvalue weighted by atomic mass is 10.2. The van der Waals surface area contributed by atoms with Crippen molar-refractivity contribution >= 4 is 33.3 Å². The highest BCUT2D eigenvalue weighted by Crippen LogP contribution is 2.35. The van der Waals surface area contributed by atoms with Crippen LogP contribution in [0.4, 0.5) is 24.5 Å². The van der Waals surface area contributed by atoms with Gasteiger partial charge in [0.25, 0.3) is 15.9 Å². The molecule has 1 amide bonds. The van der Waals surface area contributed by atoms with Crippen LogP contribution in [-0.2, 0) is 25.8 Å². The first kappa shape index (κ1) is 20.5. The molecule has 3 rings (SSSR count). The molecule has 1 aliphatic rings. The number of carbonyl (C=O) groups excluding carboxylic acids is 1. The number of nitrogens with zero attached hydrogens (tertiary/aromatic N) is 1. The fourth-order valence-electron chi connectivity index (χ4n) is 2.60. The third-order valence-corrected chi connectivity index (χ3v) is 5.32. The molecule has 2 aromatic rings. The molecule has 0 radical (unpaired) electrons. The van der Waals surface area contributed by atoms with Crippen LogP contribution in [0, 0.1) is 0 Å². The second-order valence-corrected chi connectivity index (χ2v) is 7.65. The van der Waals surface area contributed by atoms with Crippen molar-refractivity contribution in [1.82, 2.24) is 0 Å². The Bertz CT molecular complexity index is 1070. The summed E-state index contributed by atoms with van der Waals surface area (Å²) < 4.78 is 70.3.